The van der Waals surface area contributed by atoms with Crippen molar-refractivity contribution in [1.82, 2.24) is 0 Å². The Labute approximate surface area is 164 Å². The largest absolute Gasteiger partial charge is 0.573 e. The maximum absolute atomic E-state index is 12.4. The molecule has 2 atom stereocenters. The zero-order valence-corrected chi connectivity index (χ0v) is 15.6. The van der Waals surface area contributed by atoms with Gasteiger partial charge in [-0.05, 0) is 48.5 Å². The van der Waals surface area contributed by atoms with E-state index in [1.807, 2.05) is 0 Å². The summed E-state index contributed by atoms with van der Waals surface area (Å²) in [5.74, 6) is -0.537. The second kappa shape index (κ2) is 8.57. The van der Waals surface area contributed by atoms with E-state index in [2.05, 4.69) is 4.74 Å². The molecule has 157 valence electrons. The van der Waals surface area contributed by atoms with Crippen LogP contribution in [0.4, 0.5) is 13.2 Å². The Morgan fingerprint density at radius 3 is 2.07 bits per heavy atom. The molecule has 3 rings (SSSR count). The number of sulfone groups is 1. The van der Waals surface area contributed by atoms with E-state index in [0.717, 1.165) is 12.1 Å². The van der Waals surface area contributed by atoms with E-state index in [4.69, 9.17) is 14.2 Å². The third kappa shape index (κ3) is 6.07. The molecule has 1 radical (unpaired) electrons. The minimum absolute atomic E-state index is 0.0290. The highest BCUT2D eigenvalue weighted by Gasteiger charge is 2.32. The first-order valence-electron chi connectivity index (χ1n) is 8.34. The van der Waals surface area contributed by atoms with Crippen LogP contribution in [0, 0.1) is 0 Å². The normalized spacial score (nSPS) is 18.4. The highest BCUT2D eigenvalue weighted by Crippen LogP contribution is 2.28. The predicted octanol–water partition coefficient (Wildman–Crippen LogP) is 3.32. The molecule has 0 aliphatic carbocycles. The van der Waals surface area contributed by atoms with Crippen molar-refractivity contribution in [2.24, 2.45) is 0 Å². The summed E-state index contributed by atoms with van der Waals surface area (Å²) >= 11 is 0. The SMILES string of the molecule is [O][C@H](CS(=O)(=O)c1ccc(Oc2ccc(OC(F)(F)F)cc2)cc1)[C@@H]1COCO1. The van der Waals surface area contributed by atoms with Crippen molar-refractivity contribution in [3.8, 4) is 17.2 Å². The molecule has 0 spiro atoms. The Morgan fingerprint density at radius 1 is 1.00 bits per heavy atom. The second-order valence-electron chi connectivity index (χ2n) is 6.11. The molecule has 0 aromatic heterocycles. The van der Waals surface area contributed by atoms with Gasteiger partial charge in [-0.25, -0.2) is 13.5 Å². The number of halogens is 3. The van der Waals surface area contributed by atoms with Crippen LogP contribution in [0.1, 0.15) is 0 Å². The molecule has 2 aromatic carbocycles. The molecule has 1 saturated heterocycles. The molecule has 0 amide bonds. The van der Waals surface area contributed by atoms with Crippen LogP contribution >= 0.6 is 0 Å². The molecular weight excluding hydrogens is 417 g/mol. The van der Waals surface area contributed by atoms with Crippen molar-refractivity contribution in [2.45, 2.75) is 23.5 Å². The Kier molecular flexibility index (Phi) is 6.32. The summed E-state index contributed by atoms with van der Waals surface area (Å²) in [4.78, 5) is -0.0569. The first-order valence-corrected chi connectivity index (χ1v) is 9.99. The first-order chi connectivity index (χ1) is 13.6. The lowest BCUT2D eigenvalue weighted by atomic mass is 10.2. The number of benzene rings is 2. The van der Waals surface area contributed by atoms with Crippen molar-refractivity contribution in [1.29, 1.82) is 0 Å². The van der Waals surface area contributed by atoms with E-state index in [1.165, 1.54) is 36.4 Å². The van der Waals surface area contributed by atoms with Crippen molar-refractivity contribution in [3.05, 3.63) is 48.5 Å². The van der Waals surface area contributed by atoms with Gasteiger partial charge in [0.05, 0.1) is 17.3 Å². The molecule has 2 aromatic rings. The summed E-state index contributed by atoms with van der Waals surface area (Å²) in [6.07, 6.45) is -7.07. The molecule has 0 bridgehead atoms. The Bertz CT molecular complexity index is 906. The fourth-order valence-electron chi connectivity index (χ4n) is 2.54. The highest BCUT2D eigenvalue weighted by atomic mass is 32.2. The monoisotopic (exact) mass is 433 g/mol. The van der Waals surface area contributed by atoms with Gasteiger partial charge < -0.3 is 18.9 Å². The van der Waals surface area contributed by atoms with E-state index in [9.17, 15) is 26.7 Å². The molecule has 11 heteroatoms. The molecule has 0 N–H and O–H groups in total. The van der Waals surface area contributed by atoms with Gasteiger partial charge >= 0.3 is 6.36 Å². The fraction of sp³-hybridized carbons (Fsp3) is 0.333. The minimum Gasteiger partial charge on any atom is -0.457 e. The van der Waals surface area contributed by atoms with Crippen LogP contribution in [0.3, 0.4) is 0 Å². The quantitative estimate of drug-likeness (QED) is 0.665. The maximum atomic E-state index is 12.4. The maximum Gasteiger partial charge on any atom is 0.573 e. The van der Waals surface area contributed by atoms with E-state index in [0.29, 0.717) is 0 Å². The summed E-state index contributed by atoms with van der Waals surface area (Å²) in [6.45, 7) is 0.0298. The van der Waals surface area contributed by atoms with Crippen molar-refractivity contribution >= 4 is 9.84 Å². The molecule has 29 heavy (non-hydrogen) atoms. The van der Waals surface area contributed by atoms with Gasteiger partial charge in [0, 0.05) is 0 Å². The predicted molar refractivity (Wildman–Crippen MR) is 91.9 cm³/mol. The molecule has 1 heterocycles. The van der Waals surface area contributed by atoms with E-state index in [1.54, 1.807) is 0 Å². The number of hydrogen-bond donors (Lipinski definition) is 0. The van der Waals surface area contributed by atoms with Crippen molar-refractivity contribution in [3.63, 3.8) is 0 Å². The van der Waals surface area contributed by atoms with Crippen molar-refractivity contribution in [2.75, 3.05) is 19.2 Å². The van der Waals surface area contributed by atoms with Gasteiger partial charge in [-0.15, -0.1) is 13.2 Å². The molecule has 1 aliphatic rings. The van der Waals surface area contributed by atoms with E-state index < -0.39 is 39.9 Å². The summed E-state index contributed by atoms with van der Waals surface area (Å²) < 4.78 is 80.4. The molecular formula is C18H16F3O7S. The van der Waals surface area contributed by atoms with Gasteiger partial charge in [0.1, 0.15) is 36.2 Å². The number of rotatable bonds is 7. The Hall–Kier alpha value is -2.34. The lowest BCUT2D eigenvalue weighted by molar-refractivity contribution is -0.274. The fourth-order valence-corrected chi connectivity index (χ4v) is 3.93. The van der Waals surface area contributed by atoms with Crippen LogP contribution < -0.4 is 9.47 Å². The summed E-state index contributed by atoms with van der Waals surface area (Å²) in [7, 11) is -3.84. The molecule has 7 nitrogen and oxygen atoms in total. The van der Waals surface area contributed by atoms with Gasteiger partial charge in [-0.1, -0.05) is 0 Å². The molecule has 1 fully saturated rings. The topological polar surface area (TPSA) is 91.0 Å². The average molecular weight is 433 g/mol. The van der Waals surface area contributed by atoms with Gasteiger partial charge in [0.15, 0.2) is 9.84 Å². The van der Waals surface area contributed by atoms with E-state index >= 15 is 0 Å². The molecule has 0 saturated carbocycles. The van der Waals surface area contributed by atoms with Gasteiger partial charge in [0.2, 0.25) is 0 Å². The summed E-state index contributed by atoms with van der Waals surface area (Å²) in [5, 5.41) is 12.1. The van der Waals surface area contributed by atoms with Gasteiger partial charge in [-0.2, -0.15) is 0 Å². The lowest BCUT2D eigenvalue weighted by Crippen LogP contribution is -2.33. The van der Waals surface area contributed by atoms with Crippen LogP contribution in [0.5, 0.6) is 17.2 Å². The minimum atomic E-state index is -4.79. The zero-order valence-electron chi connectivity index (χ0n) is 14.8. The van der Waals surface area contributed by atoms with Crippen LogP contribution in [-0.4, -0.2) is 46.1 Å². The van der Waals surface area contributed by atoms with Crippen LogP contribution in [0.25, 0.3) is 0 Å². The smallest absolute Gasteiger partial charge is 0.457 e. The molecule has 0 unspecified atom stereocenters. The van der Waals surface area contributed by atoms with Crippen LogP contribution in [-0.2, 0) is 24.4 Å². The first kappa shape index (κ1) is 21.4. The average Bonchev–Trinajstić information content (AvgIpc) is 3.17. The van der Waals surface area contributed by atoms with Crippen LogP contribution in [0.2, 0.25) is 0 Å². The summed E-state index contributed by atoms with van der Waals surface area (Å²) in [6, 6.07) is 10.0. The highest BCUT2D eigenvalue weighted by molar-refractivity contribution is 7.91. The Morgan fingerprint density at radius 2 is 1.55 bits per heavy atom. The number of alkyl halides is 3. The lowest BCUT2D eigenvalue weighted by Gasteiger charge is -2.14. The van der Waals surface area contributed by atoms with E-state index in [-0.39, 0.29) is 29.8 Å². The standard InChI is InChI=1S/C18H16F3O7S/c19-18(20,21)28-14-3-1-12(2-4-14)27-13-5-7-15(8-6-13)29(23,24)10-16(22)17-9-25-11-26-17/h1-8,16-17H,9-11H2/t16-,17+/m1/s1. The molecule has 1 aliphatic heterocycles. The third-order valence-corrected chi connectivity index (χ3v) is 5.68. The number of ether oxygens (including phenoxy) is 4. The summed E-state index contributed by atoms with van der Waals surface area (Å²) in [5.41, 5.74) is 0. The van der Waals surface area contributed by atoms with Gasteiger partial charge in [-0.3, -0.25) is 0 Å². The third-order valence-electron chi connectivity index (χ3n) is 3.92. The van der Waals surface area contributed by atoms with Crippen LogP contribution in [0.15, 0.2) is 53.4 Å². The second-order valence-corrected chi connectivity index (χ2v) is 8.14. The zero-order chi connectivity index (χ0) is 21.1. The number of hydrogen-bond acceptors (Lipinski definition) is 6. The van der Waals surface area contributed by atoms with Crippen molar-refractivity contribution < 1.29 is 45.6 Å². The Balaban J connectivity index is 1.62. The van der Waals surface area contributed by atoms with Gasteiger partial charge in [0.25, 0.3) is 0 Å².